The van der Waals surface area contributed by atoms with Crippen molar-refractivity contribution in [2.24, 2.45) is 5.92 Å². The van der Waals surface area contributed by atoms with Gasteiger partial charge in [-0.05, 0) is 42.2 Å². The van der Waals surface area contributed by atoms with E-state index in [4.69, 9.17) is 0 Å². The maximum atomic E-state index is 10.4. The maximum Gasteiger partial charge on any atom is 0.120 e. The third-order valence-corrected chi connectivity index (χ3v) is 3.99. The molecule has 1 heteroatoms. The van der Waals surface area contributed by atoms with Crippen LogP contribution in [-0.2, 0) is 11.2 Å². The summed E-state index contributed by atoms with van der Waals surface area (Å²) in [7, 11) is 0. The minimum Gasteiger partial charge on any atom is -0.303 e. The summed E-state index contributed by atoms with van der Waals surface area (Å²) >= 11 is 0. The predicted molar refractivity (Wildman–Crippen MR) is 71.2 cm³/mol. The summed E-state index contributed by atoms with van der Waals surface area (Å²) in [5, 5.41) is 0. The first kappa shape index (κ1) is 12.3. The Morgan fingerprint density at radius 2 is 2.00 bits per heavy atom. The van der Waals surface area contributed by atoms with Crippen LogP contribution in [0.3, 0.4) is 0 Å². The predicted octanol–water partition coefficient (Wildman–Crippen LogP) is 4.11. The molecule has 1 aliphatic rings. The second kappa shape index (κ2) is 6.00. The second-order valence-electron chi connectivity index (χ2n) is 5.41. The fourth-order valence-corrected chi connectivity index (χ4v) is 2.82. The highest BCUT2D eigenvalue weighted by molar-refractivity contribution is 5.50. The Labute approximate surface area is 104 Å². The van der Waals surface area contributed by atoms with E-state index >= 15 is 0 Å². The molecular formula is C16H22O. The van der Waals surface area contributed by atoms with Crippen LogP contribution in [0.1, 0.15) is 56.1 Å². The lowest BCUT2D eigenvalue weighted by atomic mass is 9.79. The van der Waals surface area contributed by atoms with Gasteiger partial charge in [0.25, 0.3) is 0 Å². The summed E-state index contributed by atoms with van der Waals surface area (Å²) in [5.41, 5.74) is 2.80. The van der Waals surface area contributed by atoms with Gasteiger partial charge in [0.15, 0.2) is 0 Å². The van der Waals surface area contributed by atoms with Crippen LogP contribution in [0.4, 0.5) is 0 Å². The molecule has 1 saturated carbocycles. The van der Waals surface area contributed by atoms with Gasteiger partial charge in [0.1, 0.15) is 6.29 Å². The Bertz CT molecular complexity index is 362. The smallest absolute Gasteiger partial charge is 0.120 e. The number of aryl methyl sites for hydroxylation is 1. The molecule has 1 aliphatic carbocycles. The highest BCUT2D eigenvalue weighted by Crippen LogP contribution is 2.35. The molecular weight excluding hydrogens is 208 g/mol. The molecule has 0 unspecified atom stereocenters. The molecule has 1 aromatic rings. The summed E-state index contributed by atoms with van der Waals surface area (Å²) in [4.78, 5) is 10.4. The zero-order valence-electron chi connectivity index (χ0n) is 10.7. The molecule has 0 aliphatic heterocycles. The lowest BCUT2D eigenvalue weighted by Gasteiger charge is -2.26. The number of aldehydes is 1. The van der Waals surface area contributed by atoms with Gasteiger partial charge >= 0.3 is 0 Å². The van der Waals surface area contributed by atoms with Gasteiger partial charge < -0.3 is 4.79 Å². The highest BCUT2D eigenvalue weighted by atomic mass is 16.1. The van der Waals surface area contributed by atoms with Crippen molar-refractivity contribution in [2.45, 2.75) is 51.4 Å². The Kier molecular flexibility index (Phi) is 4.36. The molecule has 0 atom stereocenters. The van der Waals surface area contributed by atoms with Crippen LogP contribution in [0.2, 0.25) is 0 Å². The van der Waals surface area contributed by atoms with E-state index in [0.29, 0.717) is 6.42 Å². The largest absolute Gasteiger partial charge is 0.303 e. The first-order valence-corrected chi connectivity index (χ1v) is 6.82. The normalized spacial score (nSPS) is 24.5. The third kappa shape index (κ3) is 3.42. The van der Waals surface area contributed by atoms with Crippen molar-refractivity contribution < 1.29 is 4.79 Å². The Balaban J connectivity index is 2.02. The molecule has 0 spiro atoms. The van der Waals surface area contributed by atoms with E-state index in [2.05, 4.69) is 31.2 Å². The first-order valence-electron chi connectivity index (χ1n) is 6.82. The monoisotopic (exact) mass is 230 g/mol. The number of carbonyl (C=O) groups excluding carboxylic acids is 1. The van der Waals surface area contributed by atoms with Gasteiger partial charge in [0.2, 0.25) is 0 Å². The Morgan fingerprint density at radius 3 is 2.71 bits per heavy atom. The van der Waals surface area contributed by atoms with Crippen LogP contribution in [-0.4, -0.2) is 6.29 Å². The molecule has 17 heavy (non-hydrogen) atoms. The third-order valence-electron chi connectivity index (χ3n) is 3.99. The van der Waals surface area contributed by atoms with E-state index in [0.717, 1.165) is 24.5 Å². The van der Waals surface area contributed by atoms with E-state index < -0.39 is 0 Å². The number of carbonyl (C=O) groups is 1. The summed E-state index contributed by atoms with van der Waals surface area (Å²) < 4.78 is 0. The summed E-state index contributed by atoms with van der Waals surface area (Å²) in [5.74, 6) is 1.66. The van der Waals surface area contributed by atoms with Gasteiger partial charge in [-0.1, -0.05) is 44.0 Å². The number of hydrogen-bond acceptors (Lipinski definition) is 1. The average Bonchev–Trinajstić information content (AvgIpc) is 2.37. The fourth-order valence-electron chi connectivity index (χ4n) is 2.82. The second-order valence-corrected chi connectivity index (χ2v) is 5.41. The van der Waals surface area contributed by atoms with Crippen LogP contribution < -0.4 is 0 Å². The van der Waals surface area contributed by atoms with Gasteiger partial charge in [0.05, 0.1) is 0 Å². The van der Waals surface area contributed by atoms with E-state index in [1.54, 1.807) is 0 Å². The minimum atomic E-state index is 0.644. The van der Waals surface area contributed by atoms with Crippen LogP contribution in [0, 0.1) is 5.92 Å². The minimum absolute atomic E-state index is 0.644. The van der Waals surface area contributed by atoms with E-state index in [1.807, 2.05) is 0 Å². The average molecular weight is 230 g/mol. The van der Waals surface area contributed by atoms with Crippen molar-refractivity contribution in [3.63, 3.8) is 0 Å². The Hall–Kier alpha value is -1.11. The van der Waals surface area contributed by atoms with Gasteiger partial charge in [-0.2, -0.15) is 0 Å². The number of rotatable bonds is 4. The molecule has 0 heterocycles. The molecule has 0 N–H and O–H groups in total. The van der Waals surface area contributed by atoms with Crippen molar-refractivity contribution in [3.8, 4) is 0 Å². The van der Waals surface area contributed by atoms with Crippen molar-refractivity contribution in [1.82, 2.24) is 0 Å². The molecule has 1 nitrogen and oxygen atoms in total. The molecule has 1 aromatic carbocycles. The maximum absolute atomic E-state index is 10.4. The van der Waals surface area contributed by atoms with Gasteiger partial charge in [-0.15, -0.1) is 0 Å². The molecule has 0 amide bonds. The molecule has 1 fully saturated rings. The summed E-state index contributed by atoms with van der Waals surface area (Å²) in [6.07, 6.45) is 7.93. The van der Waals surface area contributed by atoms with Crippen molar-refractivity contribution in [2.75, 3.05) is 0 Å². The molecule has 2 rings (SSSR count). The van der Waals surface area contributed by atoms with Crippen molar-refractivity contribution >= 4 is 6.29 Å². The van der Waals surface area contributed by atoms with Gasteiger partial charge in [-0.25, -0.2) is 0 Å². The zero-order chi connectivity index (χ0) is 12.1. The van der Waals surface area contributed by atoms with Crippen molar-refractivity contribution in [1.29, 1.82) is 0 Å². The lowest BCUT2D eigenvalue weighted by molar-refractivity contribution is -0.107. The van der Waals surface area contributed by atoms with E-state index in [-0.39, 0.29) is 0 Å². The summed E-state index contributed by atoms with van der Waals surface area (Å²) in [6.45, 7) is 2.36. The quantitative estimate of drug-likeness (QED) is 0.711. The van der Waals surface area contributed by atoms with E-state index in [1.165, 1.54) is 36.8 Å². The molecule has 0 radical (unpaired) electrons. The standard InChI is InChI=1S/C16H22O/c1-13-7-9-15(10-8-13)16-6-2-4-14(12-16)5-3-11-17/h2,4,6,11-13,15H,3,5,7-10H2,1H3. The topological polar surface area (TPSA) is 17.1 Å². The first-order chi connectivity index (χ1) is 8.29. The molecule has 0 saturated heterocycles. The number of benzene rings is 1. The van der Waals surface area contributed by atoms with Gasteiger partial charge in [-0.3, -0.25) is 0 Å². The van der Waals surface area contributed by atoms with Crippen LogP contribution in [0.25, 0.3) is 0 Å². The zero-order valence-corrected chi connectivity index (χ0v) is 10.7. The molecule has 0 aromatic heterocycles. The molecule has 92 valence electrons. The Morgan fingerprint density at radius 1 is 1.24 bits per heavy atom. The van der Waals surface area contributed by atoms with Crippen LogP contribution in [0.5, 0.6) is 0 Å². The SMILES string of the molecule is CC1CCC(c2cccc(CCC=O)c2)CC1. The van der Waals surface area contributed by atoms with Crippen LogP contribution >= 0.6 is 0 Å². The molecule has 0 bridgehead atoms. The van der Waals surface area contributed by atoms with Crippen molar-refractivity contribution in [3.05, 3.63) is 35.4 Å². The van der Waals surface area contributed by atoms with Crippen LogP contribution in [0.15, 0.2) is 24.3 Å². The highest BCUT2D eigenvalue weighted by Gasteiger charge is 2.19. The summed E-state index contributed by atoms with van der Waals surface area (Å²) in [6, 6.07) is 8.85. The van der Waals surface area contributed by atoms with Gasteiger partial charge in [0, 0.05) is 6.42 Å². The fraction of sp³-hybridized carbons (Fsp3) is 0.562. The number of hydrogen-bond donors (Lipinski definition) is 0. The lowest BCUT2D eigenvalue weighted by Crippen LogP contribution is -2.10. The van der Waals surface area contributed by atoms with E-state index in [9.17, 15) is 4.79 Å².